The smallest absolute Gasteiger partial charge is 0.127 e. The van der Waals surface area contributed by atoms with Gasteiger partial charge in [-0.05, 0) is 54.1 Å². The Labute approximate surface area is 134 Å². The van der Waals surface area contributed by atoms with E-state index in [1.807, 2.05) is 78.9 Å². The van der Waals surface area contributed by atoms with Crippen molar-refractivity contribution in [3.63, 3.8) is 0 Å². The van der Waals surface area contributed by atoms with Gasteiger partial charge < -0.3 is 9.47 Å². The van der Waals surface area contributed by atoms with Crippen LogP contribution in [0.5, 0.6) is 17.2 Å². The third kappa shape index (κ3) is 4.03. The number of hydrogen-bond donors (Lipinski definition) is 0. The molecule has 0 radical (unpaired) electrons. The second-order valence-corrected chi connectivity index (χ2v) is 5.24. The van der Waals surface area contributed by atoms with Gasteiger partial charge in [-0.3, -0.25) is 0 Å². The van der Waals surface area contributed by atoms with Gasteiger partial charge in [0.1, 0.15) is 23.9 Å². The molecule has 0 atom stereocenters. The van der Waals surface area contributed by atoms with Crippen LogP contribution in [0.15, 0.2) is 78.9 Å². The summed E-state index contributed by atoms with van der Waals surface area (Å²) in [5.74, 6) is 2.43. The van der Waals surface area contributed by atoms with Gasteiger partial charge in [-0.15, -0.1) is 0 Å². The average Bonchev–Trinajstić information content (AvgIpc) is 2.57. The molecule has 3 rings (SSSR count). The van der Waals surface area contributed by atoms with Crippen LogP contribution in [0, 0.1) is 0 Å². The summed E-state index contributed by atoms with van der Waals surface area (Å²) in [4.78, 5) is 0. The summed E-state index contributed by atoms with van der Waals surface area (Å²) < 4.78 is 11.5. The van der Waals surface area contributed by atoms with Gasteiger partial charge in [-0.2, -0.15) is 0 Å². The molecule has 0 heterocycles. The Bertz CT molecular complexity index is 707. The van der Waals surface area contributed by atoms with Crippen LogP contribution in [-0.2, 0) is 6.61 Å². The first-order valence-electron chi connectivity index (χ1n) is 7.00. The Kier molecular flexibility index (Phi) is 4.62. The first-order chi connectivity index (χ1) is 10.8. The Balaban J connectivity index is 1.58. The highest BCUT2D eigenvalue weighted by molar-refractivity contribution is 6.30. The van der Waals surface area contributed by atoms with Gasteiger partial charge in [0.2, 0.25) is 0 Å². The molecule has 0 aliphatic heterocycles. The highest BCUT2D eigenvalue weighted by Gasteiger charge is 1.99. The number of para-hydroxylation sites is 1. The predicted molar refractivity (Wildman–Crippen MR) is 88.7 cm³/mol. The van der Waals surface area contributed by atoms with Crippen LogP contribution in [0.3, 0.4) is 0 Å². The van der Waals surface area contributed by atoms with E-state index in [1.54, 1.807) is 0 Å². The van der Waals surface area contributed by atoms with E-state index >= 15 is 0 Å². The normalized spacial score (nSPS) is 10.2. The number of rotatable bonds is 5. The molecule has 3 aromatic carbocycles. The lowest BCUT2D eigenvalue weighted by Crippen LogP contribution is -1.95. The van der Waals surface area contributed by atoms with Crippen molar-refractivity contribution in [1.82, 2.24) is 0 Å². The summed E-state index contributed by atoms with van der Waals surface area (Å²) in [7, 11) is 0. The zero-order chi connectivity index (χ0) is 15.2. The minimum absolute atomic E-state index is 0.507. The van der Waals surface area contributed by atoms with E-state index in [4.69, 9.17) is 21.1 Å². The maximum absolute atomic E-state index is 5.84. The van der Waals surface area contributed by atoms with Gasteiger partial charge in [0.05, 0.1) is 0 Å². The summed E-state index contributed by atoms with van der Waals surface area (Å²) >= 11 is 5.84. The molecule has 0 saturated heterocycles. The minimum Gasteiger partial charge on any atom is -0.489 e. The molecule has 3 heteroatoms. The Morgan fingerprint density at radius 3 is 1.91 bits per heavy atom. The van der Waals surface area contributed by atoms with E-state index in [1.165, 1.54) is 0 Å². The van der Waals surface area contributed by atoms with Crippen LogP contribution in [0.2, 0.25) is 5.02 Å². The molecule has 0 bridgehead atoms. The highest BCUT2D eigenvalue weighted by Crippen LogP contribution is 2.22. The first-order valence-corrected chi connectivity index (χ1v) is 7.37. The largest absolute Gasteiger partial charge is 0.489 e. The molecule has 110 valence electrons. The molecule has 0 saturated carbocycles. The molecule has 0 unspecified atom stereocenters. The minimum atomic E-state index is 0.507. The van der Waals surface area contributed by atoms with Crippen LogP contribution < -0.4 is 9.47 Å². The second kappa shape index (κ2) is 7.01. The zero-order valence-electron chi connectivity index (χ0n) is 11.9. The van der Waals surface area contributed by atoms with Crippen LogP contribution in [0.1, 0.15) is 5.56 Å². The third-order valence-electron chi connectivity index (χ3n) is 3.12. The first kappa shape index (κ1) is 14.5. The molecule has 0 aromatic heterocycles. The Morgan fingerprint density at radius 1 is 0.636 bits per heavy atom. The summed E-state index contributed by atoms with van der Waals surface area (Å²) in [5.41, 5.74) is 1.08. The molecular formula is C19H15ClO2. The zero-order valence-corrected chi connectivity index (χ0v) is 12.7. The van der Waals surface area contributed by atoms with Crippen molar-refractivity contribution in [2.45, 2.75) is 6.61 Å². The maximum atomic E-state index is 5.84. The van der Waals surface area contributed by atoms with Crippen LogP contribution in [-0.4, -0.2) is 0 Å². The SMILES string of the molecule is Clc1ccc(OCc2ccc(Oc3ccccc3)cc2)cc1. The fourth-order valence-electron chi connectivity index (χ4n) is 1.98. The standard InChI is InChI=1S/C19H15ClO2/c20-16-8-12-17(13-9-16)21-14-15-6-10-19(11-7-15)22-18-4-2-1-3-5-18/h1-13H,14H2. The fraction of sp³-hybridized carbons (Fsp3) is 0.0526. The van der Waals surface area contributed by atoms with E-state index in [2.05, 4.69) is 0 Å². The van der Waals surface area contributed by atoms with Gasteiger partial charge in [0, 0.05) is 5.02 Å². The van der Waals surface area contributed by atoms with Crippen molar-refractivity contribution >= 4 is 11.6 Å². The third-order valence-corrected chi connectivity index (χ3v) is 3.37. The van der Waals surface area contributed by atoms with E-state index in [0.29, 0.717) is 11.6 Å². The topological polar surface area (TPSA) is 18.5 Å². The van der Waals surface area contributed by atoms with E-state index in [9.17, 15) is 0 Å². The Morgan fingerprint density at radius 2 is 1.23 bits per heavy atom. The van der Waals surface area contributed by atoms with Crippen molar-refractivity contribution in [2.24, 2.45) is 0 Å². The molecule has 0 fully saturated rings. The molecule has 3 aromatic rings. The maximum Gasteiger partial charge on any atom is 0.127 e. The van der Waals surface area contributed by atoms with Gasteiger partial charge in [-0.25, -0.2) is 0 Å². The lowest BCUT2D eigenvalue weighted by Gasteiger charge is -2.08. The molecule has 2 nitrogen and oxygen atoms in total. The molecule has 0 aliphatic carbocycles. The number of benzene rings is 3. The van der Waals surface area contributed by atoms with Gasteiger partial charge in [0.25, 0.3) is 0 Å². The molecule has 0 amide bonds. The van der Waals surface area contributed by atoms with Crippen molar-refractivity contribution in [3.8, 4) is 17.2 Å². The number of hydrogen-bond acceptors (Lipinski definition) is 2. The summed E-state index contributed by atoms with van der Waals surface area (Å²) in [6, 6.07) is 24.9. The quantitative estimate of drug-likeness (QED) is 0.601. The predicted octanol–water partition coefficient (Wildman–Crippen LogP) is 5.71. The average molecular weight is 311 g/mol. The van der Waals surface area contributed by atoms with Crippen molar-refractivity contribution < 1.29 is 9.47 Å². The number of ether oxygens (including phenoxy) is 2. The van der Waals surface area contributed by atoms with Crippen molar-refractivity contribution in [1.29, 1.82) is 0 Å². The molecule has 0 N–H and O–H groups in total. The summed E-state index contributed by atoms with van der Waals surface area (Å²) in [5, 5.41) is 0.703. The monoisotopic (exact) mass is 310 g/mol. The highest BCUT2D eigenvalue weighted by atomic mass is 35.5. The number of halogens is 1. The molecule has 0 aliphatic rings. The van der Waals surface area contributed by atoms with Gasteiger partial charge in [-0.1, -0.05) is 41.9 Å². The lowest BCUT2D eigenvalue weighted by atomic mass is 10.2. The Hall–Kier alpha value is -2.45. The van der Waals surface area contributed by atoms with E-state index in [0.717, 1.165) is 22.8 Å². The van der Waals surface area contributed by atoms with Gasteiger partial charge >= 0.3 is 0 Å². The molecular weight excluding hydrogens is 296 g/mol. The molecule has 22 heavy (non-hydrogen) atoms. The second-order valence-electron chi connectivity index (χ2n) is 4.80. The summed E-state index contributed by atoms with van der Waals surface area (Å²) in [6.07, 6.45) is 0. The summed E-state index contributed by atoms with van der Waals surface area (Å²) in [6.45, 7) is 0.507. The molecule has 0 spiro atoms. The van der Waals surface area contributed by atoms with E-state index in [-0.39, 0.29) is 0 Å². The lowest BCUT2D eigenvalue weighted by molar-refractivity contribution is 0.306. The van der Waals surface area contributed by atoms with Crippen LogP contribution >= 0.6 is 11.6 Å². The van der Waals surface area contributed by atoms with Crippen molar-refractivity contribution in [2.75, 3.05) is 0 Å². The van der Waals surface area contributed by atoms with Crippen molar-refractivity contribution in [3.05, 3.63) is 89.4 Å². The van der Waals surface area contributed by atoms with E-state index < -0.39 is 0 Å². The van der Waals surface area contributed by atoms with Gasteiger partial charge in [0.15, 0.2) is 0 Å². The van der Waals surface area contributed by atoms with Crippen LogP contribution in [0.4, 0.5) is 0 Å². The van der Waals surface area contributed by atoms with Crippen LogP contribution in [0.25, 0.3) is 0 Å². The fourth-order valence-corrected chi connectivity index (χ4v) is 2.10.